The zero-order valence-corrected chi connectivity index (χ0v) is 19.6. The number of imidazole rings is 1. The number of aromatic nitrogens is 2. The Bertz CT molecular complexity index is 1400. The van der Waals surface area contributed by atoms with Gasteiger partial charge in [0.05, 0.1) is 24.1 Å². The number of nitrogens with zero attached hydrogens (tertiary/aromatic N) is 2. The summed E-state index contributed by atoms with van der Waals surface area (Å²) >= 11 is 6.08. The van der Waals surface area contributed by atoms with Crippen LogP contribution in [-0.2, 0) is 25.8 Å². The zero-order chi connectivity index (χ0) is 23.6. The number of ether oxygens (including phenoxy) is 1. The molecule has 0 unspecified atom stereocenters. The van der Waals surface area contributed by atoms with Crippen molar-refractivity contribution in [2.75, 3.05) is 7.11 Å². The quantitative estimate of drug-likeness (QED) is 0.361. The van der Waals surface area contributed by atoms with Gasteiger partial charge in [-0.15, -0.1) is 0 Å². The van der Waals surface area contributed by atoms with Crippen molar-refractivity contribution in [3.05, 3.63) is 95.1 Å². The van der Waals surface area contributed by atoms with Crippen LogP contribution in [0.25, 0.3) is 17.1 Å². The van der Waals surface area contributed by atoms with Crippen LogP contribution in [0, 0.1) is 6.92 Å². The molecule has 0 aliphatic rings. The van der Waals surface area contributed by atoms with Crippen LogP contribution >= 0.6 is 11.6 Å². The van der Waals surface area contributed by atoms with E-state index in [9.17, 15) is 13.2 Å². The van der Waals surface area contributed by atoms with E-state index in [1.165, 1.54) is 19.2 Å². The predicted molar refractivity (Wildman–Crippen MR) is 126 cm³/mol. The van der Waals surface area contributed by atoms with Gasteiger partial charge in [0.15, 0.2) is 5.03 Å². The van der Waals surface area contributed by atoms with Crippen molar-refractivity contribution in [2.45, 2.75) is 23.3 Å². The van der Waals surface area contributed by atoms with Crippen LogP contribution in [0.1, 0.15) is 11.3 Å². The molecule has 0 saturated heterocycles. The highest BCUT2D eigenvalue weighted by atomic mass is 35.5. The summed E-state index contributed by atoms with van der Waals surface area (Å²) in [6, 6.07) is 22.6. The molecule has 8 heteroatoms. The molecule has 0 aliphatic heterocycles. The molecule has 0 atom stereocenters. The van der Waals surface area contributed by atoms with Gasteiger partial charge in [-0.05, 0) is 43.3 Å². The fourth-order valence-electron chi connectivity index (χ4n) is 3.49. The van der Waals surface area contributed by atoms with Gasteiger partial charge in [0.1, 0.15) is 5.82 Å². The molecule has 0 saturated carbocycles. The number of hydrogen-bond acceptors (Lipinski definition) is 5. The molecule has 0 radical (unpaired) electrons. The van der Waals surface area contributed by atoms with Crippen molar-refractivity contribution in [2.24, 2.45) is 0 Å². The van der Waals surface area contributed by atoms with Gasteiger partial charge in [0, 0.05) is 16.3 Å². The van der Waals surface area contributed by atoms with E-state index in [-0.39, 0.29) is 22.0 Å². The number of esters is 1. The maximum Gasteiger partial charge on any atom is 0.311 e. The van der Waals surface area contributed by atoms with Gasteiger partial charge in [0.2, 0.25) is 9.84 Å². The molecule has 4 rings (SSSR count). The number of benzene rings is 3. The second-order valence-electron chi connectivity index (χ2n) is 7.43. The van der Waals surface area contributed by atoms with Gasteiger partial charge in [0.25, 0.3) is 0 Å². The molecule has 168 valence electrons. The standard InChI is InChI=1S/C25H21ClN2O4S/c1-17-8-14-21(15-9-17)33(30,31)25-22(16-23(29)32-2)28(20-12-10-19(26)11-13-20)24(27-25)18-6-4-3-5-7-18/h3-15H,16H2,1-2H3. The zero-order valence-electron chi connectivity index (χ0n) is 18.0. The van der Waals surface area contributed by atoms with Crippen LogP contribution in [0.5, 0.6) is 0 Å². The molecule has 0 fully saturated rings. The number of carbonyl (C=O) groups excluding carboxylic acids is 1. The maximum absolute atomic E-state index is 13.7. The van der Waals surface area contributed by atoms with Gasteiger partial charge in [-0.1, -0.05) is 59.6 Å². The summed E-state index contributed by atoms with van der Waals surface area (Å²) in [5.74, 6) is -0.187. The van der Waals surface area contributed by atoms with Gasteiger partial charge in [-0.3, -0.25) is 9.36 Å². The summed E-state index contributed by atoms with van der Waals surface area (Å²) in [6.07, 6.45) is -0.278. The topological polar surface area (TPSA) is 78.3 Å². The number of halogens is 1. The Hall–Kier alpha value is -3.42. The average molecular weight is 481 g/mol. The summed E-state index contributed by atoms with van der Waals surface area (Å²) in [6.45, 7) is 1.88. The Kier molecular flexibility index (Phi) is 6.35. The van der Waals surface area contributed by atoms with Crippen LogP contribution in [0.2, 0.25) is 5.02 Å². The number of hydrogen-bond donors (Lipinski definition) is 0. The van der Waals surface area contributed by atoms with E-state index in [1.54, 1.807) is 41.0 Å². The van der Waals surface area contributed by atoms with Crippen LogP contribution in [-0.4, -0.2) is 31.0 Å². The van der Waals surface area contributed by atoms with Crippen LogP contribution in [0.4, 0.5) is 0 Å². The Labute approximate surface area is 197 Å². The average Bonchev–Trinajstić information content (AvgIpc) is 3.20. The number of aryl methyl sites for hydroxylation is 1. The first-order valence-corrected chi connectivity index (χ1v) is 12.0. The normalized spacial score (nSPS) is 11.4. The molecule has 0 aliphatic carbocycles. The van der Waals surface area contributed by atoms with Crippen molar-refractivity contribution >= 4 is 27.4 Å². The molecule has 0 amide bonds. The molecule has 0 bridgehead atoms. The van der Waals surface area contributed by atoms with E-state index in [2.05, 4.69) is 4.98 Å². The summed E-state index contributed by atoms with van der Waals surface area (Å²) < 4.78 is 33.9. The molecule has 1 heterocycles. The minimum Gasteiger partial charge on any atom is -0.469 e. The summed E-state index contributed by atoms with van der Waals surface area (Å²) in [5.41, 5.74) is 2.46. The highest BCUT2D eigenvalue weighted by molar-refractivity contribution is 7.91. The van der Waals surface area contributed by atoms with Crippen LogP contribution < -0.4 is 0 Å². The highest BCUT2D eigenvalue weighted by Crippen LogP contribution is 2.33. The van der Waals surface area contributed by atoms with Crippen LogP contribution in [0.3, 0.4) is 0 Å². The predicted octanol–water partition coefficient (Wildman–Crippen LogP) is 5.05. The van der Waals surface area contributed by atoms with E-state index in [0.717, 1.165) is 5.56 Å². The van der Waals surface area contributed by atoms with Crippen LogP contribution in [0.15, 0.2) is 88.8 Å². The van der Waals surface area contributed by atoms with Crippen molar-refractivity contribution in [1.82, 2.24) is 9.55 Å². The summed E-state index contributed by atoms with van der Waals surface area (Å²) in [5, 5.41) is 0.340. The molecule has 3 aromatic carbocycles. The summed E-state index contributed by atoms with van der Waals surface area (Å²) in [4.78, 5) is 17.0. The molecule has 1 aromatic heterocycles. The van der Waals surface area contributed by atoms with E-state index in [4.69, 9.17) is 16.3 Å². The number of rotatable bonds is 6. The maximum atomic E-state index is 13.7. The summed E-state index contributed by atoms with van der Waals surface area (Å²) in [7, 11) is -2.77. The van der Waals surface area contributed by atoms with Gasteiger partial charge < -0.3 is 4.74 Å². The largest absolute Gasteiger partial charge is 0.469 e. The lowest BCUT2D eigenvalue weighted by Crippen LogP contribution is -2.14. The molecule has 33 heavy (non-hydrogen) atoms. The first-order valence-electron chi connectivity index (χ1n) is 10.1. The fourth-order valence-corrected chi connectivity index (χ4v) is 5.02. The van der Waals surface area contributed by atoms with Gasteiger partial charge >= 0.3 is 5.97 Å². The second-order valence-corrected chi connectivity index (χ2v) is 9.74. The monoisotopic (exact) mass is 480 g/mol. The Morgan fingerprint density at radius 3 is 2.21 bits per heavy atom. The third kappa shape index (κ3) is 4.55. The first-order chi connectivity index (χ1) is 15.8. The molecular weight excluding hydrogens is 460 g/mol. The SMILES string of the molecule is COC(=O)Cc1c(S(=O)(=O)c2ccc(C)cc2)nc(-c2ccccc2)n1-c1ccc(Cl)cc1. The Balaban J connectivity index is 2.05. The molecular formula is C25H21ClN2O4S. The lowest BCUT2D eigenvalue weighted by Gasteiger charge is -2.13. The third-order valence-electron chi connectivity index (χ3n) is 5.18. The fraction of sp³-hybridized carbons (Fsp3) is 0.120. The molecule has 6 nitrogen and oxygen atoms in total. The smallest absolute Gasteiger partial charge is 0.311 e. The lowest BCUT2D eigenvalue weighted by atomic mass is 10.2. The Morgan fingerprint density at radius 2 is 1.61 bits per heavy atom. The van der Waals surface area contributed by atoms with Crippen molar-refractivity contribution in [1.29, 1.82) is 0 Å². The van der Waals surface area contributed by atoms with Gasteiger partial charge in [-0.2, -0.15) is 0 Å². The first kappa shape index (κ1) is 22.8. The highest BCUT2D eigenvalue weighted by Gasteiger charge is 2.31. The van der Waals surface area contributed by atoms with E-state index < -0.39 is 15.8 Å². The van der Waals surface area contributed by atoms with E-state index in [1.807, 2.05) is 37.3 Å². The minimum absolute atomic E-state index is 0.0968. The number of sulfone groups is 1. The molecule has 0 spiro atoms. The molecule has 4 aromatic rings. The number of carbonyl (C=O) groups is 1. The van der Waals surface area contributed by atoms with E-state index in [0.29, 0.717) is 22.1 Å². The van der Waals surface area contributed by atoms with Gasteiger partial charge in [-0.25, -0.2) is 13.4 Å². The van der Waals surface area contributed by atoms with Crippen molar-refractivity contribution < 1.29 is 17.9 Å². The second kappa shape index (κ2) is 9.21. The third-order valence-corrected chi connectivity index (χ3v) is 7.16. The Morgan fingerprint density at radius 1 is 0.970 bits per heavy atom. The van der Waals surface area contributed by atoms with E-state index >= 15 is 0 Å². The van der Waals surface area contributed by atoms with Crippen molar-refractivity contribution in [3.63, 3.8) is 0 Å². The number of methoxy groups -OCH3 is 1. The molecule has 0 N–H and O–H groups in total. The lowest BCUT2D eigenvalue weighted by molar-refractivity contribution is -0.139. The van der Waals surface area contributed by atoms with Crippen molar-refractivity contribution in [3.8, 4) is 17.1 Å². The minimum atomic E-state index is -4.03.